The molecule has 2 N–H and O–H groups in total. The van der Waals surface area contributed by atoms with E-state index in [0.29, 0.717) is 6.42 Å². The molecular weight excluding hydrogens is 266 g/mol. The molecule has 0 radical (unpaired) electrons. The number of rotatable bonds is 3. The quantitative estimate of drug-likeness (QED) is 0.894. The number of nitrogens with one attached hydrogen (secondary N) is 2. The minimum absolute atomic E-state index is 0.0120. The van der Waals surface area contributed by atoms with Crippen molar-refractivity contribution in [2.24, 2.45) is 0 Å². The number of benzene rings is 1. The number of likely N-dealkylation sites (tertiary alicyclic amines) is 1. The van der Waals surface area contributed by atoms with Crippen molar-refractivity contribution in [3.8, 4) is 0 Å². The van der Waals surface area contributed by atoms with Gasteiger partial charge in [-0.15, -0.1) is 0 Å². The number of fused-ring (bicyclic) bond motifs is 1. The lowest BCUT2D eigenvalue weighted by Crippen LogP contribution is -2.46. The summed E-state index contributed by atoms with van der Waals surface area (Å²) in [6.45, 7) is 4.00. The zero-order valence-electron chi connectivity index (χ0n) is 12.3. The molecule has 21 heavy (non-hydrogen) atoms. The molecule has 0 aliphatic carbocycles. The molecule has 1 fully saturated rings. The minimum Gasteiger partial charge on any atom is -0.326 e. The summed E-state index contributed by atoms with van der Waals surface area (Å²) in [5.41, 5.74) is 2.58. The smallest absolute Gasteiger partial charge is 0.241 e. The van der Waals surface area contributed by atoms with E-state index in [9.17, 15) is 9.59 Å². The van der Waals surface area contributed by atoms with E-state index in [1.54, 1.807) is 0 Å². The van der Waals surface area contributed by atoms with Crippen LogP contribution >= 0.6 is 0 Å². The summed E-state index contributed by atoms with van der Waals surface area (Å²) in [5, 5.41) is 5.80. The van der Waals surface area contributed by atoms with Crippen LogP contribution in [-0.2, 0) is 16.0 Å². The summed E-state index contributed by atoms with van der Waals surface area (Å²) in [6.07, 6.45) is 3.59. The monoisotopic (exact) mass is 287 g/mol. The van der Waals surface area contributed by atoms with Gasteiger partial charge in [-0.1, -0.05) is 13.3 Å². The van der Waals surface area contributed by atoms with Crippen LogP contribution in [0, 0.1) is 0 Å². The molecule has 3 rings (SSSR count). The first-order valence-electron chi connectivity index (χ1n) is 7.65. The first-order valence-corrected chi connectivity index (χ1v) is 7.65. The molecule has 0 aromatic heterocycles. The number of anilines is 2. The molecule has 0 saturated carbocycles. The fraction of sp³-hybridized carbons (Fsp3) is 0.500. The van der Waals surface area contributed by atoms with Gasteiger partial charge in [0.2, 0.25) is 11.8 Å². The Morgan fingerprint density at radius 2 is 2.29 bits per heavy atom. The third-order valence-corrected chi connectivity index (χ3v) is 4.32. The van der Waals surface area contributed by atoms with Gasteiger partial charge in [-0.25, -0.2) is 0 Å². The molecule has 1 aromatic rings. The first-order chi connectivity index (χ1) is 10.2. The maximum absolute atomic E-state index is 12.5. The van der Waals surface area contributed by atoms with Crippen LogP contribution < -0.4 is 10.6 Å². The Labute approximate surface area is 124 Å². The van der Waals surface area contributed by atoms with E-state index in [4.69, 9.17) is 0 Å². The lowest BCUT2D eigenvalue weighted by Gasteiger charge is -2.33. The lowest BCUT2D eigenvalue weighted by molar-refractivity contribution is -0.122. The van der Waals surface area contributed by atoms with E-state index in [2.05, 4.69) is 22.5 Å². The summed E-state index contributed by atoms with van der Waals surface area (Å²) in [7, 11) is 0. The second-order valence-corrected chi connectivity index (χ2v) is 5.73. The summed E-state index contributed by atoms with van der Waals surface area (Å²) >= 11 is 0. The van der Waals surface area contributed by atoms with Crippen molar-refractivity contribution in [2.45, 2.75) is 38.6 Å². The Hall–Kier alpha value is -1.88. The lowest BCUT2D eigenvalue weighted by atomic mass is 10.0. The fourth-order valence-electron chi connectivity index (χ4n) is 3.20. The third-order valence-electron chi connectivity index (χ3n) is 4.32. The molecule has 5 nitrogen and oxygen atoms in total. The number of carbonyl (C=O) groups is 2. The van der Waals surface area contributed by atoms with E-state index >= 15 is 0 Å². The minimum atomic E-state index is -0.0308. The molecule has 0 bridgehead atoms. The van der Waals surface area contributed by atoms with Gasteiger partial charge in [-0.05, 0) is 49.7 Å². The molecule has 2 aliphatic heterocycles. The topological polar surface area (TPSA) is 61.4 Å². The molecule has 2 aliphatic rings. The third kappa shape index (κ3) is 2.93. The van der Waals surface area contributed by atoms with Crippen LogP contribution in [-0.4, -0.2) is 35.8 Å². The summed E-state index contributed by atoms with van der Waals surface area (Å²) < 4.78 is 0. The summed E-state index contributed by atoms with van der Waals surface area (Å²) in [4.78, 5) is 26.1. The van der Waals surface area contributed by atoms with E-state index in [0.717, 1.165) is 42.9 Å². The number of amides is 2. The second kappa shape index (κ2) is 5.85. The molecule has 0 spiro atoms. The number of piperidine rings is 1. The SMILES string of the molecule is CCN1CCCCC1C(=O)Nc1ccc2c(c1)CC(=O)N2. The number of hydrogen-bond donors (Lipinski definition) is 2. The Bertz CT molecular complexity index is 571. The summed E-state index contributed by atoms with van der Waals surface area (Å²) in [6, 6.07) is 5.57. The van der Waals surface area contributed by atoms with Crippen LogP contribution in [0.4, 0.5) is 11.4 Å². The van der Waals surface area contributed by atoms with E-state index in [-0.39, 0.29) is 17.9 Å². The van der Waals surface area contributed by atoms with Crippen molar-refractivity contribution in [1.29, 1.82) is 0 Å². The Morgan fingerprint density at radius 3 is 3.10 bits per heavy atom. The van der Waals surface area contributed by atoms with Crippen LogP contribution in [0.3, 0.4) is 0 Å². The van der Waals surface area contributed by atoms with Gasteiger partial charge in [0.1, 0.15) is 0 Å². The van der Waals surface area contributed by atoms with Gasteiger partial charge in [0.25, 0.3) is 0 Å². The molecule has 1 aromatic carbocycles. The van der Waals surface area contributed by atoms with E-state index < -0.39 is 0 Å². The van der Waals surface area contributed by atoms with Crippen molar-refractivity contribution < 1.29 is 9.59 Å². The Kier molecular flexibility index (Phi) is 3.92. The molecule has 2 heterocycles. The summed E-state index contributed by atoms with van der Waals surface area (Å²) in [5.74, 6) is 0.0756. The first kappa shape index (κ1) is 14.1. The number of hydrogen-bond acceptors (Lipinski definition) is 3. The normalized spacial score (nSPS) is 21.8. The molecule has 1 saturated heterocycles. The van der Waals surface area contributed by atoms with Crippen LogP contribution in [0.1, 0.15) is 31.7 Å². The van der Waals surface area contributed by atoms with Crippen molar-refractivity contribution in [3.05, 3.63) is 23.8 Å². The van der Waals surface area contributed by atoms with Gasteiger partial charge in [0.05, 0.1) is 12.5 Å². The zero-order valence-corrected chi connectivity index (χ0v) is 12.3. The van der Waals surface area contributed by atoms with Gasteiger partial charge < -0.3 is 10.6 Å². The van der Waals surface area contributed by atoms with Crippen LogP contribution in [0.15, 0.2) is 18.2 Å². The van der Waals surface area contributed by atoms with Crippen molar-refractivity contribution >= 4 is 23.2 Å². The molecule has 5 heteroatoms. The maximum Gasteiger partial charge on any atom is 0.241 e. The maximum atomic E-state index is 12.5. The van der Waals surface area contributed by atoms with Gasteiger partial charge in [-0.3, -0.25) is 14.5 Å². The van der Waals surface area contributed by atoms with Gasteiger partial charge in [-0.2, -0.15) is 0 Å². The van der Waals surface area contributed by atoms with E-state index in [1.165, 1.54) is 6.42 Å². The number of carbonyl (C=O) groups excluding carboxylic acids is 2. The second-order valence-electron chi connectivity index (χ2n) is 5.73. The molecule has 1 unspecified atom stereocenters. The average Bonchev–Trinajstić information content (AvgIpc) is 2.86. The fourth-order valence-corrected chi connectivity index (χ4v) is 3.20. The molecule has 112 valence electrons. The van der Waals surface area contributed by atoms with Gasteiger partial charge >= 0.3 is 0 Å². The van der Waals surface area contributed by atoms with Gasteiger partial charge in [0.15, 0.2) is 0 Å². The Balaban J connectivity index is 1.70. The van der Waals surface area contributed by atoms with Crippen molar-refractivity contribution in [2.75, 3.05) is 23.7 Å². The predicted molar refractivity (Wildman–Crippen MR) is 82.3 cm³/mol. The van der Waals surface area contributed by atoms with Gasteiger partial charge in [0, 0.05) is 11.4 Å². The van der Waals surface area contributed by atoms with Crippen molar-refractivity contribution in [3.63, 3.8) is 0 Å². The van der Waals surface area contributed by atoms with Crippen LogP contribution in [0.5, 0.6) is 0 Å². The van der Waals surface area contributed by atoms with Crippen LogP contribution in [0.2, 0.25) is 0 Å². The largest absolute Gasteiger partial charge is 0.326 e. The average molecular weight is 287 g/mol. The molecule has 1 atom stereocenters. The highest BCUT2D eigenvalue weighted by Gasteiger charge is 2.27. The Morgan fingerprint density at radius 1 is 1.43 bits per heavy atom. The van der Waals surface area contributed by atoms with E-state index in [1.807, 2.05) is 18.2 Å². The molecular formula is C16H21N3O2. The predicted octanol–water partition coefficient (Wildman–Crippen LogP) is 1.99. The van der Waals surface area contributed by atoms with Crippen LogP contribution in [0.25, 0.3) is 0 Å². The highest BCUT2D eigenvalue weighted by Crippen LogP contribution is 2.26. The highest BCUT2D eigenvalue weighted by atomic mass is 16.2. The molecule has 2 amide bonds. The zero-order chi connectivity index (χ0) is 14.8. The number of nitrogens with zero attached hydrogens (tertiary/aromatic N) is 1. The standard InChI is InChI=1S/C16H21N3O2/c1-2-19-8-4-3-5-14(19)16(21)17-12-6-7-13-11(9-12)10-15(20)18-13/h6-7,9,14H,2-5,8,10H2,1H3,(H,17,21)(H,18,20). The van der Waals surface area contributed by atoms with Crippen molar-refractivity contribution in [1.82, 2.24) is 4.90 Å². The highest BCUT2D eigenvalue weighted by molar-refractivity contribution is 6.00. The number of likely N-dealkylation sites (N-methyl/N-ethyl adjacent to an activating group) is 1.